The zero-order chi connectivity index (χ0) is 18.9. The topological polar surface area (TPSA) is 6.48 Å². The molecule has 0 saturated carbocycles. The van der Waals surface area contributed by atoms with Gasteiger partial charge in [0.2, 0.25) is 0 Å². The lowest BCUT2D eigenvalue weighted by atomic mass is 9.79. The van der Waals surface area contributed by atoms with Gasteiger partial charge in [-0.05, 0) is 76.5 Å². The van der Waals surface area contributed by atoms with Crippen molar-refractivity contribution in [3.05, 3.63) is 22.3 Å². The third kappa shape index (κ3) is 3.96. The van der Waals surface area contributed by atoms with Crippen LogP contribution in [-0.2, 0) is 0 Å². The van der Waals surface area contributed by atoms with E-state index in [1.165, 1.54) is 0 Å². The number of nitrogens with zero attached hydrogens (tertiary/aromatic N) is 2. The summed E-state index contributed by atoms with van der Waals surface area (Å²) < 4.78 is 0. The smallest absolute Gasteiger partial charge is 0.0285 e. The largest absolute Gasteiger partial charge is 0.306 e. The quantitative estimate of drug-likeness (QED) is 0.641. The van der Waals surface area contributed by atoms with Crippen molar-refractivity contribution < 1.29 is 0 Å². The molecule has 0 aromatic heterocycles. The van der Waals surface area contributed by atoms with E-state index in [-0.39, 0.29) is 0 Å². The van der Waals surface area contributed by atoms with Gasteiger partial charge in [0.25, 0.3) is 0 Å². The first-order valence-electron chi connectivity index (χ1n) is 9.74. The summed E-state index contributed by atoms with van der Waals surface area (Å²) in [7, 11) is 8.89. The highest BCUT2D eigenvalue weighted by molar-refractivity contribution is 5.54. The van der Waals surface area contributed by atoms with Gasteiger partial charge in [0.05, 0.1) is 0 Å². The third-order valence-corrected chi connectivity index (χ3v) is 5.88. The molecular formula is C22H42N2. The highest BCUT2D eigenvalue weighted by atomic mass is 15.1. The first-order valence-corrected chi connectivity index (χ1v) is 9.74. The normalized spacial score (nSPS) is 22.1. The van der Waals surface area contributed by atoms with Crippen LogP contribution in [0.25, 0.3) is 0 Å². The number of allylic oxidation sites excluding steroid dienone is 2. The van der Waals surface area contributed by atoms with Gasteiger partial charge in [0, 0.05) is 18.0 Å². The molecule has 0 heterocycles. The standard InChI is InChI=1S/C22H42N2/c1-13(2)18-19(14(3)4)21(16(7)23(9)10)22(17(8)24(11)12)20(18)15(5)6/h13-17,21H,1-12H3. The summed E-state index contributed by atoms with van der Waals surface area (Å²) in [6.07, 6.45) is 0. The van der Waals surface area contributed by atoms with E-state index < -0.39 is 0 Å². The first-order chi connectivity index (χ1) is 10.9. The predicted octanol–water partition coefficient (Wildman–Crippen LogP) is 5.08. The number of rotatable bonds is 7. The second-order valence-electron chi connectivity index (χ2n) is 9.02. The van der Waals surface area contributed by atoms with Gasteiger partial charge in [-0.2, -0.15) is 0 Å². The van der Waals surface area contributed by atoms with Crippen LogP contribution in [0.3, 0.4) is 0 Å². The van der Waals surface area contributed by atoms with Crippen LogP contribution in [0, 0.1) is 23.7 Å². The minimum Gasteiger partial charge on any atom is -0.306 e. The van der Waals surface area contributed by atoms with Crippen molar-refractivity contribution in [3.8, 4) is 0 Å². The summed E-state index contributed by atoms with van der Waals surface area (Å²) >= 11 is 0. The van der Waals surface area contributed by atoms with Crippen molar-refractivity contribution in [1.82, 2.24) is 9.80 Å². The van der Waals surface area contributed by atoms with Crippen LogP contribution < -0.4 is 0 Å². The molecule has 0 fully saturated rings. The Morgan fingerprint density at radius 3 is 1.29 bits per heavy atom. The van der Waals surface area contributed by atoms with Gasteiger partial charge < -0.3 is 9.80 Å². The van der Waals surface area contributed by atoms with Gasteiger partial charge in [-0.1, -0.05) is 47.1 Å². The Kier molecular flexibility index (Phi) is 7.31. The lowest BCUT2D eigenvalue weighted by Gasteiger charge is -2.36. The van der Waals surface area contributed by atoms with Crippen LogP contribution >= 0.6 is 0 Å². The summed E-state index contributed by atoms with van der Waals surface area (Å²) in [6, 6.07) is 0.990. The van der Waals surface area contributed by atoms with Gasteiger partial charge in [-0.15, -0.1) is 0 Å². The maximum absolute atomic E-state index is 2.40. The molecular weight excluding hydrogens is 292 g/mol. The minimum absolute atomic E-state index is 0.472. The van der Waals surface area contributed by atoms with Crippen LogP contribution in [0.1, 0.15) is 55.4 Å². The van der Waals surface area contributed by atoms with Gasteiger partial charge >= 0.3 is 0 Å². The van der Waals surface area contributed by atoms with Crippen molar-refractivity contribution in [1.29, 1.82) is 0 Å². The van der Waals surface area contributed by atoms with E-state index in [1.807, 2.05) is 0 Å². The minimum atomic E-state index is 0.472. The zero-order valence-electron chi connectivity index (χ0n) is 18.4. The number of likely N-dealkylation sites (N-methyl/N-ethyl adjacent to an activating group) is 1. The van der Waals surface area contributed by atoms with Crippen molar-refractivity contribution in [2.24, 2.45) is 23.7 Å². The molecule has 0 N–H and O–H groups in total. The summed E-state index contributed by atoms with van der Waals surface area (Å²) in [4.78, 5) is 4.78. The van der Waals surface area contributed by atoms with E-state index in [0.717, 1.165) is 0 Å². The Hall–Kier alpha value is -0.600. The summed E-state index contributed by atoms with van der Waals surface area (Å²) in [5.74, 6) is 2.29. The number of hydrogen-bond donors (Lipinski definition) is 0. The lowest BCUT2D eigenvalue weighted by Crippen LogP contribution is -2.40. The average Bonchev–Trinajstić information content (AvgIpc) is 2.81. The molecule has 2 heteroatoms. The highest BCUT2D eigenvalue weighted by Gasteiger charge is 2.42. The summed E-state index contributed by atoms with van der Waals surface area (Å²) in [5.41, 5.74) is 6.67. The molecule has 0 spiro atoms. The molecule has 0 saturated heterocycles. The second-order valence-corrected chi connectivity index (χ2v) is 9.02. The molecule has 2 nitrogen and oxygen atoms in total. The van der Waals surface area contributed by atoms with Crippen LogP contribution in [0.15, 0.2) is 22.3 Å². The fraction of sp³-hybridized carbons (Fsp3) is 0.818. The molecule has 1 aliphatic rings. The first kappa shape index (κ1) is 21.4. The van der Waals surface area contributed by atoms with E-state index in [9.17, 15) is 0 Å². The third-order valence-electron chi connectivity index (χ3n) is 5.88. The van der Waals surface area contributed by atoms with Gasteiger partial charge in [0.15, 0.2) is 0 Å². The molecule has 140 valence electrons. The summed E-state index contributed by atoms with van der Waals surface area (Å²) in [5, 5.41) is 0. The van der Waals surface area contributed by atoms with E-state index in [1.54, 1.807) is 22.3 Å². The molecule has 0 aromatic rings. The SMILES string of the molecule is CC(C)C1=C(C(C)C)C(C(C)N(C)C)C(C(C)N(C)C)=C1C(C)C. The van der Waals surface area contributed by atoms with Crippen molar-refractivity contribution in [2.75, 3.05) is 28.2 Å². The molecule has 3 unspecified atom stereocenters. The number of hydrogen-bond acceptors (Lipinski definition) is 2. The molecule has 3 atom stereocenters. The van der Waals surface area contributed by atoms with Crippen molar-refractivity contribution in [2.45, 2.75) is 67.5 Å². The van der Waals surface area contributed by atoms with Crippen LogP contribution in [0.4, 0.5) is 0 Å². The Morgan fingerprint density at radius 2 is 1.00 bits per heavy atom. The fourth-order valence-electron chi connectivity index (χ4n) is 4.35. The monoisotopic (exact) mass is 334 g/mol. The molecule has 0 aliphatic heterocycles. The van der Waals surface area contributed by atoms with E-state index >= 15 is 0 Å². The van der Waals surface area contributed by atoms with E-state index in [0.29, 0.717) is 35.8 Å². The van der Waals surface area contributed by atoms with Crippen LogP contribution in [0.5, 0.6) is 0 Å². The molecule has 0 amide bonds. The van der Waals surface area contributed by atoms with Crippen molar-refractivity contribution in [3.63, 3.8) is 0 Å². The van der Waals surface area contributed by atoms with Crippen molar-refractivity contribution >= 4 is 0 Å². The predicted molar refractivity (Wildman–Crippen MR) is 108 cm³/mol. The van der Waals surface area contributed by atoms with Crippen LogP contribution in [-0.4, -0.2) is 50.1 Å². The van der Waals surface area contributed by atoms with E-state index in [2.05, 4.69) is 93.4 Å². The Bertz CT molecular complexity index is 492. The van der Waals surface area contributed by atoms with Gasteiger partial charge in [-0.3, -0.25) is 0 Å². The van der Waals surface area contributed by atoms with Crippen LogP contribution in [0.2, 0.25) is 0 Å². The molecule has 0 bridgehead atoms. The van der Waals surface area contributed by atoms with Gasteiger partial charge in [0.1, 0.15) is 0 Å². The Labute approximate surface area is 152 Å². The molecule has 1 rings (SSSR count). The Balaban J connectivity index is 3.74. The van der Waals surface area contributed by atoms with E-state index in [4.69, 9.17) is 0 Å². The Morgan fingerprint density at radius 1 is 0.583 bits per heavy atom. The maximum atomic E-state index is 2.40. The maximum Gasteiger partial charge on any atom is 0.0285 e. The molecule has 24 heavy (non-hydrogen) atoms. The van der Waals surface area contributed by atoms with Gasteiger partial charge in [-0.25, -0.2) is 0 Å². The summed E-state index contributed by atoms with van der Waals surface area (Å²) in [6.45, 7) is 19.1. The fourth-order valence-corrected chi connectivity index (χ4v) is 4.35. The second kappa shape index (κ2) is 8.19. The highest BCUT2D eigenvalue weighted by Crippen LogP contribution is 2.50. The average molecular weight is 335 g/mol. The zero-order valence-corrected chi connectivity index (χ0v) is 18.4. The lowest BCUT2D eigenvalue weighted by molar-refractivity contribution is 0.241. The molecule has 0 aromatic carbocycles. The molecule has 0 radical (unpaired) electrons. The molecule has 1 aliphatic carbocycles.